The first-order chi connectivity index (χ1) is 7.95. The highest BCUT2D eigenvalue weighted by molar-refractivity contribution is 5.81. The number of carbonyl (C=O) groups excluding carboxylic acids is 1. The van der Waals surface area contributed by atoms with Gasteiger partial charge in [-0.05, 0) is 32.0 Å². The molecule has 5 heteroatoms. The standard InChI is InChI=1S/C12H17FN2O2/c1-7(15-8(2)12(17)14-3)10-6-9(13)4-5-11(10)16/h4-8,15-16H,1-3H3,(H,14,17). The average molecular weight is 240 g/mol. The fourth-order valence-electron chi connectivity index (χ4n) is 1.63. The Morgan fingerprint density at radius 2 is 2.06 bits per heavy atom. The second-order valence-corrected chi connectivity index (χ2v) is 3.93. The van der Waals surface area contributed by atoms with E-state index < -0.39 is 11.9 Å². The van der Waals surface area contributed by atoms with Crippen molar-refractivity contribution in [2.45, 2.75) is 25.9 Å². The van der Waals surface area contributed by atoms with E-state index >= 15 is 0 Å². The third-order valence-corrected chi connectivity index (χ3v) is 2.60. The topological polar surface area (TPSA) is 61.4 Å². The van der Waals surface area contributed by atoms with Gasteiger partial charge in [0.2, 0.25) is 5.91 Å². The van der Waals surface area contributed by atoms with Gasteiger partial charge in [0.25, 0.3) is 0 Å². The minimum Gasteiger partial charge on any atom is -0.508 e. The van der Waals surface area contributed by atoms with Crippen molar-refractivity contribution in [1.82, 2.24) is 10.6 Å². The zero-order valence-electron chi connectivity index (χ0n) is 10.1. The summed E-state index contributed by atoms with van der Waals surface area (Å²) in [5.74, 6) is -0.567. The van der Waals surface area contributed by atoms with Crippen LogP contribution in [0, 0.1) is 5.82 Å². The molecule has 1 aromatic carbocycles. The summed E-state index contributed by atoms with van der Waals surface area (Å²) in [7, 11) is 1.55. The fraction of sp³-hybridized carbons (Fsp3) is 0.417. The Morgan fingerprint density at radius 3 is 2.65 bits per heavy atom. The van der Waals surface area contributed by atoms with E-state index in [2.05, 4.69) is 10.6 Å². The second-order valence-electron chi connectivity index (χ2n) is 3.93. The third-order valence-electron chi connectivity index (χ3n) is 2.60. The number of nitrogens with one attached hydrogen (secondary N) is 2. The van der Waals surface area contributed by atoms with Gasteiger partial charge in [0.1, 0.15) is 11.6 Å². The molecule has 0 saturated heterocycles. The Morgan fingerprint density at radius 1 is 1.41 bits per heavy atom. The number of hydrogen-bond donors (Lipinski definition) is 3. The van der Waals surface area contributed by atoms with E-state index in [1.807, 2.05) is 0 Å². The van der Waals surface area contributed by atoms with Crippen molar-refractivity contribution < 1.29 is 14.3 Å². The monoisotopic (exact) mass is 240 g/mol. The number of phenols is 1. The molecule has 3 N–H and O–H groups in total. The zero-order chi connectivity index (χ0) is 13.0. The molecule has 2 atom stereocenters. The number of carbonyl (C=O) groups is 1. The summed E-state index contributed by atoms with van der Waals surface area (Å²) in [6.07, 6.45) is 0. The molecule has 0 spiro atoms. The Hall–Kier alpha value is -1.62. The molecular weight excluding hydrogens is 223 g/mol. The highest BCUT2D eigenvalue weighted by atomic mass is 19.1. The van der Waals surface area contributed by atoms with Crippen molar-refractivity contribution >= 4 is 5.91 Å². The maximum Gasteiger partial charge on any atom is 0.236 e. The molecule has 0 fully saturated rings. The fourth-order valence-corrected chi connectivity index (χ4v) is 1.63. The summed E-state index contributed by atoms with van der Waals surface area (Å²) in [5.41, 5.74) is 0.431. The first-order valence-electron chi connectivity index (χ1n) is 5.41. The lowest BCUT2D eigenvalue weighted by Gasteiger charge is -2.20. The van der Waals surface area contributed by atoms with E-state index in [-0.39, 0.29) is 17.7 Å². The van der Waals surface area contributed by atoms with Crippen LogP contribution in [-0.2, 0) is 4.79 Å². The molecule has 1 amide bonds. The Kier molecular flexibility index (Phi) is 4.45. The lowest BCUT2D eigenvalue weighted by atomic mass is 10.1. The smallest absolute Gasteiger partial charge is 0.236 e. The summed E-state index contributed by atoms with van der Waals surface area (Å²) in [4.78, 5) is 11.3. The molecule has 0 aliphatic rings. The van der Waals surface area contributed by atoms with Crippen LogP contribution in [0.15, 0.2) is 18.2 Å². The number of halogens is 1. The van der Waals surface area contributed by atoms with Crippen molar-refractivity contribution in [3.63, 3.8) is 0 Å². The first-order valence-corrected chi connectivity index (χ1v) is 5.41. The SMILES string of the molecule is CNC(=O)C(C)NC(C)c1cc(F)ccc1O. The van der Waals surface area contributed by atoms with E-state index in [9.17, 15) is 14.3 Å². The van der Waals surface area contributed by atoms with Crippen molar-refractivity contribution in [2.24, 2.45) is 0 Å². The Bertz CT molecular complexity index is 409. The van der Waals surface area contributed by atoms with Gasteiger partial charge in [0.05, 0.1) is 6.04 Å². The molecule has 4 nitrogen and oxygen atoms in total. The maximum atomic E-state index is 13.1. The van der Waals surface area contributed by atoms with Gasteiger partial charge in [0, 0.05) is 18.7 Å². The predicted molar refractivity (Wildman–Crippen MR) is 63.1 cm³/mol. The van der Waals surface area contributed by atoms with E-state index in [1.165, 1.54) is 18.2 Å². The number of aromatic hydroxyl groups is 1. The summed E-state index contributed by atoms with van der Waals surface area (Å²) >= 11 is 0. The van der Waals surface area contributed by atoms with E-state index in [0.717, 1.165) is 0 Å². The maximum absolute atomic E-state index is 13.1. The lowest BCUT2D eigenvalue weighted by molar-refractivity contribution is -0.122. The average Bonchev–Trinajstić information content (AvgIpc) is 2.30. The molecular formula is C12H17FN2O2. The molecule has 1 aromatic rings. The summed E-state index contributed by atoms with van der Waals surface area (Å²) < 4.78 is 13.1. The van der Waals surface area contributed by atoms with Gasteiger partial charge in [-0.2, -0.15) is 0 Å². The van der Waals surface area contributed by atoms with Crippen LogP contribution in [0.5, 0.6) is 5.75 Å². The molecule has 1 rings (SSSR count). The molecule has 17 heavy (non-hydrogen) atoms. The van der Waals surface area contributed by atoms with Gasteiger partial charge >= 0.3 is 0 Å². The molecule has 2 unspecified atom stereocenters. The van der Waals surface area contributed by atoms with Crippen LogP contribution >= 0.6 is 0 Å². The van der Waals surface area contributed by atoms with E-state index in [4.69, 9.17) is 0 Å². The highest BCUT2D eigenvalue weighted by Gasteiger charge is 2.17. The van der Waals surface area contributed by atoms with Gasteiger partial charge in [0.15, 0.2) is 0 Å². The number of likely N-dealkylation sites (N-methyl/N-ethyl adjacent to an activating group) is 1. The summed E-state index contributed by atoms with van der Waals surface area (Å²) in [5, 5.41) is 15.1. The van der Waals surface area contributed by atoms with Crippen LogP contribution in [-0.4, -0.2) is 24.1 Å². The third kappa shape index (κ3) is 3.42. The lowest BCUT2D eigenvalue weighted by Crippen LogP contribution is -2.41. The molecule has 0 saturated carbocycles. The van der Waals surface area contributed by atoms with Gasteiger partial charge < -0.3 is 10.4 Å². The van der Waals surface area contributed by atoms with Crippen LogP contribution in [0.4, 0.5) is 4.39 Å². The summed E-state index contributed by atoms with van der Waals surface area (Å²) in [6.45, 7) is 3.46. The van der Waals surface area contributed by atoms with Crippen LogP contribution in [0.2, 0.25) is 0 Å². The minimum absolute atomic E-state index is 0.00973. The Labute approximate surface area is 99.8 Å². The number of rotatable bonds is 4. The zero-order valence-corrected chi connectivity index (χ0v) is 10.1. The number of phenolic OH excluding ortho intramolecular Hbond substituents is 1. The molecule has 0 aromatic heterocycles. The van der Waals surface area contributed by atoms with Crippen molar-refractivity contribution in [3.8, 4) is 5.75 Å². The first kappa shape index (κ1) is 13.4. The van der Waals surface area contributed by atoms with Gasteiger partial charge in [-0.3, -0.25) is 10.1 Å². The molecule has 94 valence electrons. The van der Waals surface area contributed by atoms with Crippen LogP contribution in [0.3, 0.4) is 0 Å². The largest absolute Gasteiger partial charge is 0.508 e. The van der Waals surface area contributed by atoms with Crippen molar-refractivity contribution in [3.05, 3.63) is 29.6 Å². The highest BCUT2D eigenvalue weighted by Crippen LogP contribution is 2.24. The minimum atomic E-state index is -0.419. The molecule has 0 aliphatic heterocycles. The Balaban J connectivity index is 2.79. The number of hydrogen-bond acceptors (Lipinski definition) is 3. The van der Waals surface area contributed by atoms with Gasteiger partial charge in [-0.15, -0.1) is 0 Å². The van der Waals surface area contributed by atoms with E-state index in [0.29, 0.717) is 5.56 Å². The van der Waals surface area contributed by atoms with Crippen molar-refractivity contribution in [1.29, 1.82) is 0 Å². The molecule has 0 radical (unpaired) electrons. The van der Waals surface area contributed by atoms with Crippen molar-refractivity contribution in [2.75, 3.05) is 7.05 Å². The summed E-state index contributed by atoms with van der Waals surface area (Å²) in [6, 6.07) is 3.00. The van der Waals surface area contributed by atoms with Gasteiger partial charge in [-0.25, -0.2) is 4.39 Å². The molecule has 0 heterocycles. The quantitative estimate of drug-likeness (QED) is 0.743. The predicted octanol–water partition coefficient (Wildman–Crippen LogP) is 1.32. The molecule has 0 bridgehead atoms. The molecule has 0 aliphatic carbocycles. The van der Waals surface area contributed by atoms with Crippen LogP contribution in [0.25, 0.3) is 0 Å². The van der Waals surface area contributed by atoms with Gasteiger partial charge in [-0.1, -0.05) is 0 Å². The number of benzene rings is 1. The normalized spacial score (nSPS) is 14.1. The number of amides is 1. The van der Waals surface area contributed by atoms with Crippen LogP contribution < -0.4 is 10.6 Å². The van der Waals surface area contributed by atoms with Crippen LogP contribution in [0.1, 0.15) is 25.5 Å². The van der Waals surface area contributed by atoms with E-state index in [1.54, 1.807) is 20.9 Å². The second kappa shape index (κ2) is 5.63.